The molecule has 0 aliphatic rings. The summed E-state index contributed by atoms with van der Waals surface area (Å²) in [7, 11) is 0. The van der Waals surface area contributed by atoms with Crippen LogP contribution in [0.1, 0.15) is 36.0 Å². The zero-order valence-corrected chi connectivity index (χ0v) is 15.4. The summed E-state index contributed by atoms with van der Waals surface area (Å²) in [4.78, 5) is 28.8. The Morgan fingerprint density at radius 1 is 1.12 bits per heavy atom. The summed E-state index contributed by atoms with van der Waals surface area (Å²) >= 11 is 0. The minimum atomic E-state index is -0.452. The van der Waals surface area contributed by atoms with Gasteiger partial charge in [-0.1, -0.05) is 42.0 Å². The molecular formula is C22H26N2O2. The second-order valence-electron chi connectivity index (χ2n) is 6.43. The lowest BCUT2D eigenvalue weighted by molar-refractivity contribution is 0.363. The number of nitrogens with zero attached hydrogens (tertiary/aromatic N) is 2. The van der Waals surface area contributed by atoms with Crippen molar-refractivity contribution in [3.8, 4) is 0 Å². The fourth-order valence-corrected chi connectivity index (χ4v) is 3.52. The Balaban J connectivity index is 3.52. The number of aryl methyl sites for hydroxylation is 1. The quantitative estimate of drug-likeness (QED) is 0.315. The summed E-state index contributed by atoms with van der Waals surface area (Å²) < 4.78 is 0. The number of hydrogen-bond donors (Lipinski definition) is 0. The minimum Gasteiger partial charge on any atom is -0.211 e. The molecule has 26 heavy (non-hydrogen) atoms. The highest BCUT2D eigenvalue weighted by Crippen LogP contribution is 2.40. The first-order valence-electron chi connectivity index (χ1n) is 8.60. The summed E-state index contributed by atoms with van der Waals surface area (Å²) in [5.74, 6) is 0. The van der Waals surface area contributed by atoms with Crippen molar-refractivity contribution in [1.82, 2.24) is 0 Å². The maximum atomic E-state index is 10.8. The number of isocyanates is 2. The molecule has 0 aromatic heterocycles. The molecule has 136 valence electrons. The molecular weight excluding hydrogens is 324 g/mol. The number of carbonyl (C=O) groups excluding carboxylic acids is 2. The zero-order valence-electron chi connectivity index (χ0n) is 15.4. The van der Waals surface area contributed by atoms with Gasteiger partial charge < -0.3 is 0 Å². The third-order valence-corrected chi connectivity index (χ3v) is 4.49. The van der Waals surface area contributed by atoms with E-state index in [1.807, 2.05) is 18.2 Å². The fourth-order valence-electron chi connectivity index (χ4n) is 3.52. The van der Waals surface area contributed by atoms with E-state index in [0.29, 0.717) is 19.3 Å². The molecule has 1 rings (SSSR count). The van der Waals surface area contributed by atoms with Gasteiger partial charge in [0.2, 0.25) is 12.2 Å². The molecule has 0 saturated heterocycles. The Morgan fingerprint density at radius 2 is 1.81 bits per heavy atom. The van der Waals surface area contributed by atoms with Crippen molar-refractivity contribution >= 4 is 12.2 Å². The van der Waals surface area contributed by atoms with Gasteiger partial charge in [-0.05, 0) is 43.7 Å². The van der Waals surface area contributed by atoms with Crippen molar-refractivity contribution in [3.05, 3.63) is 72.9 Å². The van der Waals surface area contributed by atoms with Crippen molar-refractivity contribution in [1.29, 1.82) is 0 Å². The van der Waals surface area contributed by atoms with Crippen LogP contribution in [0.2, 0.25) is 0 Å². The van der Waals surface area contributed by atoms with Crippen molar-refractivity contribution < 1.29 is 9.59 Å². The normalized spacial score (nSPS) is 11.6. The molecule has 0 saturated carbocycles. The van der Waals surface area contributed by atoms with E-state index in [-0.39, 0.29) is 12.0 Å². The third-order valence-electron chi connectivity index (χ3n) is 4.49. The molecule has 1 unspecified atom stereocenters. The Morgan fingerprint density at radius 3 is 2.35 bits per heavy atom. The monoisotopic (exact) mass is 350 g/mol. The van der Waals surface area contributed by atoms with Crippen LogP contribution in [-0.4, -0.2) is 24.7 Å². The van der Waals surface area contributed by atoms with Crippen molar-refractivity contribution in [2.45, 2.75) is 44.1 Å². The molecule has 0 aliphatic heterocycles. The van der Waals surface area contributed by atoms with Crippen molar-refractivity contribution in [3.63, 3.8) is 0 Å². The molecule has 0 amide bonds. The lowest BCUT2D eigenvalue weighted by atomic mass is 9.68. The summed E-state index contributed by atoms with van der Waals surface area (Å²) in [5, 5.41) is 0. The molecule has 1 atom stereocenters. The van der Waals surface area contributed by atoms with E-state index in [0.717, 1.165) is 12.0 Å². The minimum absolute atomic E-state index is 0.109. The van der Waals surface area contributed by atoms with Gasteiger partial charge in [-0.3, -0.25) is 0 Å². The van der Waals surface area contributed by atoms with Crippen LogP contribution in [0.15, 0.2) is 66.1 Å². The Labute approximate surface area is 155 Å². The van der Waals surface area contributed by atoms with Crippen LogP contribution in [0.3, 0.4) is 0 Å². The van der Waals surface area contributed by atoms with Gasteiger partial charge in [0.1, 0.15) is 0 Å². The first-order valence-corrected chi connectivity index (χ1v) is 8.60. The second-order valence-corrected chi connectivity index (χ2v) is 6.43. The van der Waals surface area contributed by atoms with Crippen LogP contribution < -0.4 is 0 Å². The molecule has 0 spiro atoms. The highest BCUT2D eigenvalue weighted by Gasteiger charge is 2.34. The SMILES string of the molecule is C=CCc1cc(C)ccc1C(CC=C)(CC=C)CC(CN=C=O)N=C=O. The van der Waals surface area contributed by atoms with Gasteiger partial charge in [0.15, 0.2) is 0 Å². The molecule has 0 N–H and O–H groups in total. The van der Waals surface area contributed by atoms with E-state index in [1.54, 1.807) is 6.08 Å². The van der Waals surface area contributed by atoms with Gasteiger partial charge in [0.25, 0.3) is 0 Å². The molecule has 4 nitrogen and oxygen atoms in total. The highest BCUT2D eigenvalue weighted by atomic mass is 16.1. The van der Waals surface area contributed by atoms with Crippen LogP contribution in [-0.2, 0) is 21.4 Å². The average Bonchev–Trinajstić information content (AvgIpc) is 2.60. The van der Waals surface area contributed by atoms with Crippen molar-refractivity contribution in [2.75, 3.05) is 6.54 Å². The molecule has 4 heteroatoms. The highest BCUT2D eigenvalue weighted by molar-refractivity contribution is 5.41. The van der Waals surface area contributed by atoms with Gasteiger partial charge in [-0.15, -0.1) is 19.7 Å². The lowest BCUT2D eigenvalue weighted by Gasteiger charge is -2.36. The molecule has 0 bridgehead atoms. The van der Waals surface area contributed by atoms with Gasteiger partial charge in [-0.2, -0.15) is 0 Å². The molecule has 1 aromatic carbocycles. The standard InChI is InChI=1S/C22H26N2O2/c1-5-8-19-13-18(4)9-10-21(19)22(11-6-2,12-7-3)14-20(24-17-26)15-23-16-25/h5-7,9-10,13,20H,1-3,8,11-12,14-15H2,4H3. The van der Waals surface area contributed by atoms with Crippen LogP contribution in [0.25, 0.3) is 0 Å². The first kappa shape index (κ1) is 21.2. The third kappa shape index (κ3) is 5.63. The largest absolute Gasteiger partial charge is 0.235 e. The van der Waals surface area contributed by atoms with Crippen molar-refractivity contribution in [2.24, 2.45) is 9.98 Å². The topological polar surface area (TPSA) is 58.9 Å². The Bertz CT molecular complexity index is 729. The number of benzene rings is 1. The predicted octanol–water partition coefficient (Wildman–Crippen LogP) is 4.54. The summed E-state index contributed by atoms with van der Waals surface area (Å²) in [6.45, 7) is 13.9. The maximum absolute atomic E-state index is 10.8. The number of rotatable bonds is 12. The number of hydrogen-bond acceptors (Lipinski definition) is 4. The first-order chi connectivity index (χ1) is 12.6. The molecule has 0 heterocycles. The second kappa shape index (κ2) is 10.9. The number of aliphatic imine (C=N–C) groups is 2. The van der Waals surface area contributed by atoms with E-state index in [9.17, 15) is 9.59 Å². The molecule has 1 aromatic rings. The summed E-state index contributed by atoms with van der Waals surface area (Å²) in [5.41, 5.74) is 3.16. The molecule has 0 aliphatic carbocycles. The summed E-state index contributed by atoms with van der Waals surface area (Å²) in [6.07, 6.45) is 11.4. The smallest absolute Gasteiger partial charge is 0.211 e. The van der Waals surface area contributed by atoms with Crippen LogP contribution in [0.4, 0.5) is 0 Å². The predicted molar refractivity (Wildman–Crippen MR) is 106 cm³/mol. The Hall–Kier alpha value is -2.80. The zero-order chi connectivity index (χ0) is 19.4. The van der Waals surface area contributed by atoms with E-state index in [1.165, 1.54) is 17.2 Å². The summed E-state index contributed by atoms with van der Waals surface area (Å²) in [6, 6.07) is 5.89. The molecule has 0 fully saturated rings. The van der Waals surface area contributed by atoms with Crippen LogP contribution in [0, 0.1) is 6.92 Å². The van der Waals surface area contributed by atoms with Crippen LogP contribution >= 0.6 is 0 Å². The van der Waals surface area contributed by atoms with E-state index in [2.05, 4.69) is 54.8 Å². The van der Waals surface area contributed by atoms with Gasteiger partial charge in [-0.25, -0.2) is 19.6 Å². The van der Waals surface area contributed by atoms with Crippen LogP contribution in [0.5, 0.6) is 0 Å². The van der Waals surface area contributed by atoms with Gasteiger partial charge in [0.05, 0.1) is 12.6 Å². The van der Waals surface area contributed by atoms with E-state index < -0.39 is 6.04 Å². The van der Waals surface area contributed by atoms with E-state index >= 15 is 0 Å². The van der Waals surface area contributed by atoms with E-state index in [4.69, 9.17) is 0 Å². The van der Waals surface area contributed by atoms with Gasteiger partial charge >= 0.3 is 0 Å². The average molecular weight is 350 g/mol. The number of allylic oxidation sites excluding steroid dienone is 3. The molecule has 0 radical (unpaired) electrons. The fraction of sp³-hybridized carbons (Fsp3) is 0.364. The van der Waals surface area contributed by atoms with Gasteiger partial charge in [0, 0.05) is 5.41 Å². The maximum Gasteiger partial charge on any atom is 0.235 e. The Kier molecular flexibility index (Phi) is 8.94. The lowest BCUT2D eigenvalue weighted by Crippen LogP contribution is -2.32.